The van der Waals surface area contributed by atoms with E-state index in [2.05, 4.69) is 5.32 Å². The molecular formula is C23H18ClFN2O4. The van der Waals surface area contributed by atoms with Gasteiger partial charge in [-0.15, -0.1) is 0 Å². The molecule has 0 bridgehead atoms. The summed E-state index contributed by atoms with van der Waals surface area (Å²) in [6.45, 7) is 0.124. The van der Waals surface area contributed by atoms with E-state index in [1.807, 2.05) is 0 Å². The summed E-state index contributed by atoms with van der Waals surface area (Å²) in [6, 6.07) is 15.7. The summed E-state index contributed by atoms with van der Waals surface area (Å²) in [5.41, 5.74) is 2.07. The van der Waals surface area contributed by atoms with Crippen molar-refractivity contribution in [2.45, 2.75) is 6.54 Å². The smallest absolute Gasteiger partial charge is 0.265 e. The summed E-state index contributed by atoms with van der Waals surface area (Å²) < 4.78 is 23.8. The van der Waals surface area contributed by atoms with Gasteiger partial charge in [0.05, 0.1) is 24.4 Å². The fraction of sp³-hybridized carbons (Fsp3) is 0.130. The number of carbonyl (C=O) groups is 2. The molecule has 6 nitrogen and oxygen atoms in total. The van der Waals surface area contributed by atoms with Gasteiger partial charge in [0.25, 0.3) is 11.8 Å². The van der Waals surface area contributed by atoms with Crippen molar-refractivity contribution < 1.29 is 23.5 Å². The Labute approximate surface area is 183 Å². The fourth-order valence-corrected chi connectivity index (χ4v) is 3.49. The highest BCUT2D eigenvalue weighted by molar-refractivity contribution is 6.32. The van der Waals surface area contributed by atoms with E-state index in [4.69, 9.17) is 21.1 Å². The Hall–Kier alpha value is -3.58. The molecule has 0 saturated carbocycles. The predicted molar refractivity (Wildman–Crippen MR) is 115 cm³/mol. The molecule has 1 aliphatic rings. The second-order valence-electron chi connectivity index (χ2n) is 6.88. The highest BCUT2D eigenvalue weighted by Crippen LogP contribution is 2.34. The van der Waals surface area contributed by atoms with Crippen molar-refractivity contribution in [3.8, 4) is 11.5 Å². The number of rotatable bonds is 5. The zero-order valence-electron chi connectivity index (χ0n) is 16.5. The lowest BCUT2D eigenvalue weighted by atomic mass is 10.1. The largest absolute Gasteiger partial charge is 0.495 e. The summed E-state index contributed by atoms with van der Waals surface area (Å²) in [5, 5.41) is 3.14. The van der Waals surface area contributed by atoms with Gasteiger partial charge in [-0.3, -0.25) is 9.59 Å². The van der Waals surface area contributed by atoms with Crippen LogP contribution >= 0.6 is 11.6 Å². The third-order valence-electron chi connectivity index (χ3n) is 4.83. The van der Waals surface area contributed by atoms with Gasteiger partial charge in [-0.05, 0) is 54.1 Å². The van der Waals surface area contributed by atoms with Crippen molar-refractivity contribution in [2.24, 2.45) is 0 Å². The number of hydrogen-bond donors (Lipinski definition) is 1. The van der Waals surface area contributed by atoms with Crippen molar-refractivity contribution in [3.63, 3.8) is 0 Å². The van der Waals surface area contributed by atoms with Gasteiger partial charge < -0.3 is 19.7 Å². The van der Waals surface area contributed by atoms with Crippen LogP contribution in [0, 0.1) is 5.82 Å². The van der Waals surface area contributed by atoms with Crippen molar-refractivity contribution >= 4 is 34.8 Å². The quantitative estimate of drug-likeness (QED) is 0.626. The number of halogens is 2. The Morgan fingerprint density at radius 1 is 1.16 bits per heavy atom. The highest BCUT2D eigenvalue weighted by atomic mass is 35.5. The van der Waals surface area contributed by atoms with E-state index in [1.165, 1.54) is 24.1 Å². The molecule has 4 rings (SSSR count). The van der Waals surface area contributed by atoms with Gasteiger partial charge >= 0.3 is 0 Å². The van der Waals surface area contributed by atoms with E-state index in [0.717, 1.165) is 5.56 Å². The summed E-state index contributed by atoms with van der Waals surface area (Å²) in [4.78, 5) is 26.8. The van der Waals surface area contributed by atoms with Crippen LogP contribution in [0.4, 0.5) is 15.8 Å². The zero-order valence-corrected chi connectivity index (χ0v) is 17.3. The molecule has 158 valence electrons. The number of benzene rings is 3. The van der Waals surface area contributed by atoms with Gasteiger partial charge in [0.1, 0.15) is 17.3 Å². The first-order chi connectivity index (χ1) is 14.9. The fourth-order valence-electron chi connectivity index (χ4n) is 3.24. The number of amides is 2. The number of nitrogens with one attached hydrogen (secondary N) is 1. The SMILES string of the molecule is COc1ccc(NC(=O)c2ccc3c(c2)N(Cc2ccc(F)cc2)C(=O)CO3)cc1Cl. The van der Waals surface area contributed by atoms with Crippen LogP contribution in [0.25, 0.3) is 0 Å². The Morgan fingerprint density at radius 3 is 2.65 bits per heavy atom. The standard InChI is InChI=1S/C23H18ClFN2O4/c1-30-20-9-7-17(11-18(20)24)26-23(29)15-4-8-21-19(10-15)27(22(28)13-31-21)12-14-2-5-16(25)6-3-14/h2-11H,12-13H2,1H3,(H,26,29). The maximum absolute atomic E-state index is 13.2. The van der Waals surface area contributed by atoms with Gasteiger partial charge in [-0.1, -0.05) is 23.7 Å². The minimum Gasteiger partial charge on any atom is -0.495 e. The lowest BCUT2D eigenvalue weighted by Crippen LogP contribution is -2.38. The molecule has 0 unspecified atom stereocenters. The van der Waals surface area contributed by atoms with Crippen molar-refractivity contribution in [3.05, 3.63) is 82.6 Å². The van der Waals surface area contributed by atoms with Crippen LogP contribution in [0.5, 0.6) is 11.5 Å². The normalized spacial score (nSPS) is 12.7. The maximum atomic E-state index is 13.2. The van der Waals surface area contributed by atoms with Crippen LogP contribution < -0.4 is 19.7 Å². The van der Waals surface area contributed by atoms with Crippen molar-refractivity contribution in [1.82, 2.24) is 0 Å². The van der Waals surface area contributed by atoms with E-state index in [0.29, 0.717) is 33.5 Å². The van der Waals surface area contributed by atoms with Crippen LogP contribution in [0.3, 0.4) is 0 Å². The molecule has 1 N–H and O–H groups in total. The lowest BCUT2D eigenvalue weighted by Gasteiger charge is -2.30. The van der Waals surface area contributed by atoms with Gasteiger partial charge in [0.15, 0.2) is 6.61 Å². The number of hydrogen-bond acceptors (Lipinski definition) is 4. The first-order valence-corrected chi connectivity index (χ1v) is 9.79. The molecule has 3 aromatic carbocycles. The zero-order chi connectivity index (χ0) is 22.0. The molecule has 0 fully saturated rings. The second kappa shape index (κ2) is 8.65. The van der Waals surface area contributed by atoms with Crippen LogP contribution in [0.2, 0.25) is 5.02 Å². The molecule has 0 saturated heterocycles. The highest BCUT2D eigenvalue weighted by Gasteiger charge is 2.27. The Morgan fingerprint density at radius 2 is 1.94 bits per heavy atom. The van der Waals surface area contributed by atoms with Crippen LogP contribution in [-0.2, 0) is 11.3 Å². The molecule has 0 aliphatic carbocycles. The third kappa shape index (κ3) is 4.46. The minimum absolute atomic E-state index is 0.107. The first kappa shape index (κ1) is 20.7. The number of ether oxygens (including phenoxy) is 2. The molecule has 1 aliphatic heterocycles. The Balaban J connectivity index is 1.59. The van der Waals surface area contributed by atoms with E-state index >= 15 is 0 Å². The van der Waals surface area contributed by atoms with Gasteiger partial charge in [-0.2, -0.15) is 0 Å². The van der Waals surface area contributed by atoms with E-state index in [-0.39, 0.29) is 30.8 Å². The molecule has 8 heteroatoms. The van der Waals surface area contributed by atoms with Gasteiger partial charge in [0.2, 0.25) is 0 Å². The molecule has 0 aromatic heterocycles. The summed E-state index contributed by atoms with van der Waals surface area (Å²) in [5.74, 6) is 0.0152. The van der Waals surface area contributed by atoms with Crippen LogP contribution in [0.15, 0.2) is 60.7 Å². The maximum Gasteiger partial charge on any atom is 0.265 e. The topological polar surface area (TPSA) is 67.9 Å². The third-order valence-corrected chi connectivity index (χ3v) is 5.12. The van der Waals surface area contributed by atoms with Gasteiger partial charge in [0, 0.05) is 11.3 Å². The van der Waals surface area contributed by atoms with Gasteiger partial charge in [-0.25, -0.2) is 4.39 Å². The average molecular weight is 441 g/mol. The van der Waals surface area contributed by atoms with E-state index in [9.17, 15) is 14.0 Å². The van der Waals surface area contributed by atoms with Crippen LogP contribution in [0.1, 0.15) is 15.9 Å². The monoisotopic (exact) mass is 440 g/mol. The molecule has 2 amide bonds. The summed E-state index contributed by atoms with van der Waals surface area (Å²) in [7, 11) is 1.51. The number of fused-ring (bicyclic) bond motifs is 1. The van der Waals surface area contributed by atoms with Crippen molar-refractivity contribution in [2.75, 3.05) is 23.9 Å². The summed E-state index contributed by atoms with van der Waals surface area (Å²) >= 11 is 6.12. The molecule has 31 heavy (non-hydrogen) atoms. The van der Waals surface area contributed by atoms with Crippen molar-refractivity contribution in [1.29, 1.82) is 0 Å². The minimum atomic E-state index is -0.371. The molecule has 0 spiro atoms. The number of carbonyl (C=O) groups excluding carboxylic acids is 2. The Kier molecular flexibility index (Phi) is 5.77. The number of methoxy groups -OCH3 is 1. The Bertz CT molecular complexity index is 1150. The summed E-state index contributed by atoms with van der Waals surface area (Å²) in [6.07, 6.45) is 0. The first-order valence-electron chi connectivity index (χ1n) is 9.41. The van der Waals surface area contributed by atoms with E-state index < -0.39 is 0 Å². The average Bonchev–Trinajstić information content (AvgIpc) is 2.77. The molecule has 0 radical (unpaired) electrons. The molecular weight excluding hydrogens is 423 g/mol. The second-order valence-corrected chi connectivity index (χ2v) is 7.29. The molecule has 0 atom stereocenters. The predicted octanol–water partition coefficient (Wildman–Crippen LogP) is 4.67. The molecule has 1 heterocycles. The number of nitrogens with zero attached hydrogens (tertiary/aromatic N) is 1. The van der Waals surface area contributed by atoms with E-state index in [1.54, 1.807) is 48.5 Å². The lowest BCUT2D eigenvalue weighted by molar-refractivity contribution is -0.121. The molecule has 3 aromatic rings. The van der Waals surface area contributed by atoms with Crippen LogP contribution in [-0.4, -0.2) is 25.5 Å². The number of anilines is 2.